The number of nitrogens with zero attached hydrogens (tertiary/aromatic N) is 3. The Balaban J connectivity index is 1.93. The number of hydrogen-bond acceptors (Lipinski definition) is 8. The smallest absolute Gasteiger partial charge is 0.283 e. The minimum atomic E-state index is -3.79. The van der Waals surface area contributed by atoms with Gasteiger partial charge in [-0.2, -0.15) is 5.10 Å². The third kappa shape index (κ3) is 5.21. The van der Waals surface area contributed by atoms with Crippen molar-refractivity contribution in [2.24, 2.45) is 0 Å². The number of nitrogens with one attached hydrogen (secondary N) is 1. The van der Waals surface area contributed by atoms with E-state index in [2.05, 4.69) is 4.98 Å². The largest absolute Gasteiger partial charge is 0.485 e. The van der Waals surface area contributed by atoms with E-state index in [1.165, 1.54) is 6.07 Å². The number of para-hydroxylation sites is 1. The first kappa shape index (κ1) is 24.1. The van der Waals surface area contributed by atoms with Gasteiger partial charge in [0.05, 0.1) is 36.2 Å². The molecule has 1 aromatic carbocycles. The molecule has 10 nitrogen and oxygen atoms in total. The Morgan fingerprint density at radius 1 is 1.18 bits per heavy atom. The van der Waals surface area contributed by atoms with Gasteiger partial charge in [0.1, 0.15) is 17.5 Å². The number of ether oxygens (including phenoxy) is 3. The summed E-state index contributed by atoms with van der Waals surface area (Å²) in [5, 5.41) is 5.57. The molecule has 0 unspecified atom stereocenters. The predicted octanol–water partition coefficient (Wildman–Crippen LogP) is 2.42. The number of carbonyl (C=O) groups excluding carboxylic acids is 1. The van der Waals surface area contributed by atoms with Crippen molar-refractivity contribution < 1.29 is 27.4 Å². The molecule has 1 fully saturated rings. The van der Waals surface area contributed by atoms with Gasteiger partial charge in [0.2, 0.25) is 10.0 Å². The highest BCUT2D eigenvalue weighted by Crippen LogP contribution is 2.42. The molecule has 2 aromatic heterocycles. The molecule has 3 aromatic rings. The summed E-state index contributed by atoms with van der Waals surface area (Å²) in [5.41, 5.74) is 1.93. The summed E-state index contributed by atoms with van der Waals surface area (Å²) >= 11 is 0. The first-order chi connectivity index (χ1) is 16.3. The maximum atomic E-state index is 12.8. The lowest BCUT2D eigenvalue weighted by atomic mass is 9.82. The summed E-state index contributed by atoms with van der Waals surface area (Å²) in [6.45, 7) is 0.516. The van der Waals surface area contributed by atoms with Gasteiger partial charge in [0, 0.05) is 26.2 Å². The van der Waals surface area contributed by atoms with Gasteiger partial charge in [-0.15, -0.1) is 0 Å². The van der Waals surface area contributed by atoms with E-state index >= 15 is 0 Å². The summed E-state index contributed by atoms with van der Waals surface area (Å²) in [6.07, 6.45) is 3.56. The van der Waals surface area contributed by atoms with Crippen molar-refractivity contribution >= 4 is 27.0 Å². The first-order valence-corrected chi connectivity index (χ1v) is 12.9. The third-order valence-electron chi connectivity index (χ3n) is 5.63. The molecule has 182 valence electrons. The Hall–Kier alpha value is -3.02. The van der Waals surface area contributed by atoms with Gasteiger partial charge in [-0.05, 0) is 25.0 Å². The molecule has 1 N–H and O–H groups in total. The molecule has 0 saturated heterocycles. The summed E-state index contributed by atoms with van der Waals surface area (Å²) in [6, 6.07) is 10.9. The molecular formula is C23H28N4O6S. The second-order valence-electron chi connectivity index (χ2n) is 8.32. The Morgan fingerprint density at radius 2 is 1.85 bits per heavy atom. The molecule has 0 bridgehead atoms. The average Bonchev–Trinajstić information content (AvgIpc) is 3.11. The standard InChI is InChI=1S/C23H28N4O6S/c1-31-13-17(14-32-2)33-19-12-18(23(28)26-34(3,29)30)24-22-20(19)21(15-8-7-9-15)25-27(22)16-10-5-4-6-11-16/h4-6,10-12,15,17H,7-9,13-14H2,1-3H3,(H,26,28). The molecule has 1 saturated carbocycles. The molecule has 0 radical (unpaired) electrons. The van der Waals surface area contributed by atoms with Gasteiger partial charge in [-0.25, -0.2) is 22.8 Å². The second kappa shape index (κ2) is 10.1. The number of amides is 1. The molecule has 34 heavy (non-hydrogen) atoms. The van der Waals surface area contributed by atoms with E-state index in [9.17, 15) is 13.2 Å². The van der Waals surface area contributed by atoms with Gasteiger partial charge >= 0.3 is 0 Å². The maximum absolute atomic E-state index is 12.8. The zero-order valence-corrected chi connectivity index (χ0v) is 20.2. The summed E-state index contributed by atoms with van der Waals surface area (Å²) in [4.78, 5) is 17.3. The Morgan fingerprint density at radius 3 is 2.41 bits per heavy atom. The quantitative estimate of drug-likeness (QED) is 0.462. The van der Waals surface area contributed by atoms with Crippen LogP contribution in [0.3, 0.4) is 0 Å². The number of sulfonamides is 1. The molecular weight excluding hydrogens is 460 g/mol. The fourth-order valence-electron chi connectivity index (χ4n) is 3.92. The van der Waals surface area contributed by atoms with Crippen LogP contribution in [0.15, 0.2) is 36.4 Å². The molecule has 2 heterocycles. The van der Waals surface area contributed by atoms with Gasteiger partial charge in [-0.1, -0.05) is 24.6 Å². The van der Waals surface area contributed by atoms with Gasteiger partial charge in [0.15, 0.2) is 5.65 Å². The van der Waals surface area contributed by atoms with E-state index in [1.54, 1.807) is 18.9 Å². The van der Waals surface area contributed by atoms with E-state index < -0.39 is 22.0 Å². The topological polar surface area (TPSA) is 122 Å². The molecule has 1 aliphatic carbocycles. The van der Waals surface area contributed by atoms with E-state index in [0.29, 0.717) is 16.8 Å². The van der Waals surface area contributed by atoms with E-state index in [0.717, 1.165) is 36.9 Å². The van der Waals surface area contributed by atoms with E-state index in [-0.39, 0.29) is 24.8 Å². The van der Waals surface area contributed by atoms with Gasteiger partial charge in [-0.3, -0.25) is 4.79 Å². The molecule has 0 atom stereocenters. The monoisotopic (exact) mass is 488 g/mol. The SMILES string of the molecule is COCC(COC)Oc1cc(C(=O)NS(C)(=O)=O)nc2c1c(C1CCC1)nn2-c1ccccc1. The molecule has 4 rings (SSSR count). The van der Waals surface area contributed by atoms with Crippen LogP contribution in [0, 0.1) is 0 Å². The van der Waals surface area contributed by atoms with Gasteiger partial charge < -0.3 is 14.2 Å². The zero-order chi connectivity index (χ0) is 24.3. The van der Waals surface area contributed by atoms with E-state index in [1.807, 2.05) is 35.1 Å². The molecule has 11 heteroatoms. The van der Waals surface area contributed by atoms with E-state index in [4.69, 9.17) is 19.3 Å². The van der Waals surface area contributed by atoms with Crippen LogP contribution in [0.25, 0.3) is 16.7 Å². The highest BCUT2D eigenvalue weighted by molar-refractivity contribution is 7.89. The lowest BCUT2D eigenvalue weighted by Crippen LogP contribution is -2.31. The molecule has 1 aliphatic rings. The average molecular weight is 489 g/mol. The van der Waals surface area contributed by atoms with Crippen LogP contribution in [-0.2, 0) is 19.5 Å². The second-order valence-corrected chi connectivity index (χ2v) is 10.1. The number of carbonyl (C=O) groups is 1. The first-order valence-electron chi connectivity index (χ1n) is 11.0. The van der Waals surface area contributed by atoms with Crippen LogP contribution in [-0.4, -0.2) is 68.9 Å². The van der Waals surface area contributed by atoms with Crippen molar-refractivity contribution in [3.63, 3.8) is 0 Å². The number of hydrogen-bond donors (Lipinski definition) is 1. The Labute approximate surface area is 198 Å². The van der Waals surface area contributed by atoms with Crippen molar-refractivity contribution in [1.29, 1.82) is 0 Å². The molecule has 0 aliphatic heterocycles. The summed E-state index contributed by atoms with van der Waals surface area (Å²) in [7, 11) is -0.662. The highest BCUT2D eigenvalue weighted by atomic mass is 32.2. The third-order valence-corrected chi connectivity index (χ3v) is 6.19. The van der Waals surface area contributed by atoms with Crippen LogP contribution in [0.2, 0.25) is 0 Å². The van der Waals surface area contributed by atoms with Crippen molar-refractivity contribution in [3.05, 3.63) is 47.8 Å². The number of pyridine rings is 1. The van der Waals surface area contributed by atoms with Crippen LogP contribution >= 0.6 is 0 Å². The van der Waals surface area contributed by atoms with Crippen molar-refractivity contribution in [2.45, 2.75) is 31.3 Å². The zero-order valence-electron chi connectivity index (χ0n) is 19.4. The number of benzene rings is 1. The van der Waals surface area contributed by atoms with Crippen molar-refractivity contribution in [2.75, 3.05) is 33.7 Å². The lowest BCUT2D eigenvalue weighted by molar-refractivity contribution is 0.0252. The fourth-order valence-corrected chi connectivity index (χ4v) is 4.36. The number of rotatable bonds is 10. The Kier molecular flexibility index (Phi) is 7.15. The Bertz CT molecular complexity index is 1270. The summed E-state index contributed by atoms with van der Waals surface area (Å²) in [5.74, 6) is -0.224. The summed E-state index contributed by atoms with van der Waals surface area (Å²) < 4.78 is 43.9. The molecule has 0 spiro atoms. The number of aromatic nitrogens is 3. The molecule has 1 amide bonds. The van der Waals surface area contributed by atoms with Crippen LogP contribution in [0.1, 0.15) is 41.4 Å². The van der Waals surface area contributed by atoms with Gasteiger partial charge in [0.25, 0.3) is 5.91 Å². The fraction of sp³-hybridized carbons (Fsp3) is 0.435. The maximum Gasteiger partial charge on any atom is 0.283 e. The minimum absolute atomic E-state index is 0.0984. The minimum Gasteiger partial charge on any atom is -0.485 e. The van der Waals surface area contributed by atoms with Crippen LogP contribution < -0.4 is 9.46 Å². The number of methoxy groups -OCH3 is 2. The van der Waals surface area contributed by atoms with Crippen LogP contribution in [0.5, 0.6) is 5.75 Å². The van der Waals surface area contributed by atoms with Crippen LogP contribution in [0.4, 0.5) is 0 Å². The normalized spacial score (nSPS) is 14.4. The number of fused-ring (bicyclic) bond motifs is 1. The van der Waals surface area contributed by atoms with Crippen molar-refractivity contribution in [1.82, 2.24) is 19.5 Å². The lowest BCUT2D eigenvalue weighted by Gasteiger charge is -2.24. The van der Waals surface area contributed by atoms with Crippen molar-refractivity contribution in [3.8, 4) is 11.4 Å². The highest BCUT2D eigenvalue weighted by Gasteiger charge is 2.30. The predicted molar refractivity (Wildman–Crippen MR) is 126 cm³/mol.